The monoisotopic (exact) mass is 278 g/mol. The van der Waals surface area contributed by atoms with Crippen LogP contribution in [0.2, 0.25) is 5.02 Å². The van der Waals surface area contributed by atoms with Gasteiger partial charge in [-0.2, -0.15) is 0 Å². The number of aromatic nitrogens is 1. The summed E-state index contributed by atoms with van der Waals surface area (Å²) in [6.45, 7) is 0. The van der Waals surface area contributed by atoms with Crippen LogP contribution in [0.4, 0.5) is 5.69 Å². The summed E-state index contributed by atoms with van der Waals surface area (Å²) in [4.78, 5) is 15.2. The first-order valence-corrected chi connectivity index (χ1v) is 5.74. The third kappa shape index (κ3) is 2.61. The maximum atomic E-state index is 11.2. The van der Waals surface area contributed by atoms with E-state index in [1.807, 2.05) is 0 Å². The van der Waals surface area contributed by atoms with Gasteiger partial charge in [-0.05, 0) is 18.2 Å². The molecular weight excluding hydrogens is 268 g/mol. The number of benzene rings is 1. The molecule has 98 valence electrons. The van der Waals surface area contributed by atoms with Gasteiger partial charge in [0.25, 0.3) is 0 Å². The van der Waals surface area contributed by atoms with Gasteiger partial charge in [0, 0.05) is 10.6 Å². The molecule has 0 fully saturated rings. The average Bonchev–Trinajstić information content (AvgIpc) is 2.38. The maximum absolute atomic E-state index is 11.2. The van der Waals surface area contributed by atoms with Crippen LogP contribution in [0.5, 0.6) is 5.75 Å². The molecule has 0 saturated heterocycles. The van der Waals surface area contributed by atoms with Gasteiger partial charge < -0.3 is 15.6 Å². The van der Waals surface area contributed by atoms with Gasteiger partial charge in [0.1, 0.15) is 0 Å². The molecule has 0 saturated carbocycles. The maximum Gasteiger partial charge on any atom is 0.358 e. The fraction of sp³-hybridized carbons (Fsp3) is 0.0769. The molecule has 1 aromatic heterocycles. The van der Waals surface area contributed by atoms with E-state index in [9.17, 15) is 4.79 Å². The minimum absolute atomic E-state index is 0.0604. The summed E-state index contributed by atoms with van der Waals surface area (Å²) in [6, 6.07) is 8.43. The van der Waals surface area contributed by atoms with Crippen LogP contribution in [-0.4, -0.2) is 23.2 Å². The Bertz CT molecular complexity index is 627. The number of hydrogen-bond donors (Lipinski definition) is 2. The van der Waals surface area contributed by atoms with E-state index in [-0.39, 0.29) is 17.1 Å². The Morgan fingerprint density at radius 3 is 2.53 bits per heavy atom. The third-order valence-electron chi connectivity index (χ3n) is 2.55. The highest BCUT2D eigenvalue weighted by molar-refractivity contribution is 6.30. The molecule has 5 nitrogen and oxygen atoms in total. The summed E-state index contributed by atoms with van der Waals surface area (Å²) in [7, 11) is 1.35. The van der Waals surface area contributed by atoms with Crippen molar-refractivity contribution in [3.8, 4) is 17.0 Å². The number of anilines is 1. The van der Waals surface area contributed by atoms with E-state index < -0.39 is 5.97 Å². The van der Waals surface area contributed by atoms with Crippen LogP contribution in [0.3, 0.4) is 0 Å². The minimum atomic E-state index is -1.20. The topological polar surface area (TPSA) is 85.4 Å². The SMILES string of the molecule is COc1c(N)cc(-c2ccc(Cl)cc2)nc1C(=O)O. The molecular formula is C13H11ClN2O3. The predicted octanol–water partition coefficient (Wildman–Crippen LogP) is 2.69. The predicted molar refractivity (Wildman–Crippen MR) is 72.6 cm³/mol. The molecule has 0 amide bonds. The van der Waals surface area contributed by atoms with E-state index in [0.717, 1.165) is 5.56 Å². The Balaban J connectivity index is 2.59. The van der Waals surface area contributed by atoms with Gasteiger partial charge >= 0.3 is 5.97 Å². The Labute approximate surface area is 114 Å². The zero-order chi connectivity index (χ0) is 14.0. The number of halogens is 1. The molecule has 0 bridgehead atoms. The summed E-state index contributed by atoms with van der Waals surface area (Å²) >= 11 is 5.80. The lowest BCUT2D eigenvalue weighted by atomic mass is 10.1. The second-order valence-corrected chi connectivity index (χ2v) is 4.23. The number of aromatic carboxylic acids is 1. The first-order chi connectivity index (χ1) is 9.02. The number of nitrogens with zero attached hydrogens (tertiary/aromatic N) is 1. The molecule has 1 aromatic carbocycles. The van der Waals surface area contributed by atoms with E-state index in [4.69, 9.17) is 27.2 Å². The van der Waals surface area contributed by atoms with Crippen LogP contribution in [0, 0.1) is 0 Å². The number of nitrogen functional groups attached to an aromatic ring is 1. The van der Waals surface area contributed by atoms with Crippen molar-refractivity contribution in [3.05, 3.63) is 41.0 Å². The zero-order valence-electron chi connectivity index (χ0n) is 10.1. The zero-order valence-corrected chi connectivity index (χ0v) is 10.8. The number of carboxylic acid groups (broad SMARTS) is 1. The fourth-order valence-corrected chi connectivity index (χ4v) is 1.81. The Hall–Kier alpha value is -2.27. The van der Waals surface area contributed by atoms with Crippen molar-refractivity contribution in [2.24, 2.45) is 0 Å². The van der Waals surface area contributed by atoms with Crippen molar-refractivity contribution in [2.45, 2.75) is 0 Å². The van der Waals surface area contributed by atoms with E-state index >= 15 is 0 Å². The summed E-state index contributed by atoms with van der Waals surface area (Å²) in [5.74, 6) is -1.13. The van der Waals surface area contributed by atoms with Crippen LogP contribution >= 0.6 is 11.6 Å². The molecule has 2 rings (SSSR count). The lowest BCUT2D eigenvalue weighted by molar-refractivity contribution is 0.0687. The highest BCUT2D eigenvalue weighted by Crippen LogP contribution is 2.30. The quantitative estimate of drug-likeness (QED) is 0.901. The minimum Gasteiger partial charge on any atom is -0.492 e. The lowest BCUT2D eigenvalue weighted by Gasteiger charge is -2.10. The van der Waals surface area contributed by atoms with E-state index in [0.29, 0.717) is 10.7 Å². The van der Waals surface area contributed by atoms with Gasteiger partial charge in [-0.3, -0.25) is 0 Å². The Morgan fingerprint density at radius 2 is 2.00 bits per heavy atom. The molecule has 0 aliphatic rings. The largest absolute Gasteiger partial charge is 0.492 e. The van der Waals surface area contributed by atoms with Gasteiger partial charge in [-0.15, -0.1) is 0 Å². The van der Waals surface area contributed by atoms with Gasteiger partial charge in [0.15, 0.2) is 11.4 Å². The van der Waals surface area contributed by atoms with Gasteiger partial charge in [-0.25, -0.2) is 9.78 Å². The molecule has 6 heteroatoms. The number of hydrogen-bond acceptors (Lipinski definition) is 4. The molecule has 2 aromatic rings. The molecule has 3 N–H and O–H groups in total. The summed E-state index contributed by atoms with van der Waals surface area (Å²) in [6.07, 6.45) is 0. The number of carbonyl (C=O) groups is 1. The second kappa shape index (κ2) is 5.16. The average molecular weight is 279 g/mol. The lowest BCUT2D eigenvalue weighted by Crippen LogP contribution is -2.07. The third-order valence-corrected chi connectivity index (χ3v) is 2.80. The Morgan fingerprint density at radius 1 is 1.37 bits per heavy atom. The van der Waals surface area contributed by atoms with Crippen LogP contribution < -0.4 is 10.5 Å². The van der Waals surface area contributed by atoms with E-state index in [1.54, 1.807) is 30.3 Å². The number of pyridine rings is 1. The Kier molecular flexibility index (Phi) is 3.57. The number of ether oxygens (including phenoxy) is 1. The van der Waals surface area contributed by atoms with E-state index in [2.05, 4.69) is 4.98 Å². The first kappa shape index (κ1) is 13.2. The molecule has 0 unspecified atom stereocenters. The van der Waals surface area contributed by atoms with Crippen LogP contribution in [0.1, 0.15) is 10.5 Å². The summed E-state index contributed by atoms with van der Waals surface area (Å²) < 4.78 is 4.96. The van der Waals surface area contributed by atoms with Crippen LogP contribution in [-0.2, 0) is 0 Å². The van der Waals surface area contributed by atoms with Gasteiger partial charge in [0.05, 0.1) is 18.5 Å². The molecule has 0 spiro atoms. The standard InChI is InChI=1S/C13H11ClN2O3/c1-19-12-9(15)6-10(16-11(12)13(17)18)7-2-4-8(14)5-3-7/h2-6H,1H3,(H2,15,16)(H,17,18). The fourth-order valence-electron chi connectivity index (χ4n) is 1.68. The van der Waals surface area contributed by atoms with Crippen LogP contribution in [0.15, 0.2) is 30.3 Å². The number of nitrogens with two attached hydrogens (primary N) is 1. The smallest absolute Gasteiger partial charge is 0.358 e. The normalized spacial score (nSPS) is 10.2. The van der Waals surface area contributed by atoms with Crippen molar-refractivity contribution in [1.82, 2.24) is 4.98 Å². The summed E-state index contributed by atoms with van der Waals surface area (Å²) in [5, 5.41) is 9.70. The van der Waals surface area contributed by atoms with Crippen molar-refractivity contribution >= 4 is 23.3 Å². The molecule has 19 heavy (non-hydrogen) atoms. The molecule has 0 aliphatic carbocycles. The van der Waals surface area contributed by atoms with E-state index in [1.165, 1.54) is 7.11 Å². The molecule has 0 atom stereocenters. The highest BCUT2D eigenvalue weighted by Gasteiger charge is 2.18. The van der Waals surface area contributed by atoms with Gasteiger partial charge in [-0.1, -0.05) is 23.7 Å². The number of carboxylic acids is 1. The van der Waals surface area contributed by atoms with Crippen molar-refractivity contribution in [3.63, 3.8) is 0 Å². The van der Waals surface area contributed by atoms with Gasteiger partial charge in [0.2, 0.25) is 0 Å². The molecule has 0 aliphatic heterocycles. The van der Waals surface area contributed by atoms with Crippen LogP contribution in [0.25, 0.3) is 11.3 Å². The summed E-state index contributed by atoms with van der Waals surface area (Å²) in [5.41, 5.74) is 6.96. The molecule has 1 heterocycles. The number of methoxy groups -OCH3 is 1. The van der Waals surface area contributed by atoms with Crippen molar-refractivity contribution in [2.75, 3.05) is 12.8 Å². The first-order valence-electron chi connectivity index (χ1n) is 5.36. The number of rotatable bonds is 3. The molecule has 0 radical (unpaired) electrons. The highest BCUT2D eigenvalue weighted by atomic mass is 35.5. The second-order valence-electron chi connectivity index (χ2n) is 3.79. The van der Waals surface area contributed by atoms with Crippen molar-refractivity contribution < 1.29 is 14.6 Å². The van der Waals surface area contributed by atoms with Crippen molar-refractivity contribution in [1.29, 1.82) is 0 Å².